The van der Waals surface area contributed by atoms with E-state index in [1.54, 1.807) is 0 Å². The van der Waals surface area contributed by atoms with Crippen LogP contribution in [0.1, 0.15) is 20.8 Å². The molecule has 4 atom stereocenters. The number of rotatable bonds is 1. The van der Waals surface area contributed by atoms with E-state index in [1.807, 2.05) is 13.8 Å². The van der Waals surface area contributed by atoms with E-state index in [4.69, 9.17) is 4.74 Å². The minimum Gasteiger partial charge on any atom is -0.375 e. The van der Waals surface area contributed by atoms with Crippen LogP contribution in [0.5, 0.6) is 0 Å². The molecule has 2 heteroatoms. The molecule has 0 unspecified atom stereocenters. The Bertz CT molecular complexity index is 133. The van der Waals surface area contributed by atoms with Crippen molar-refractivity contribution in [1.29, 1.82) is 0 Å². The van der Waals surface area contributed by atoms with Crippen molar-refractivity contribution in [3.63, 3.8) is 0 Å². The SMILES string of the molecule is C[C@@H]1[C@@H](C=O)[C@@H](C)O[C@H]1C. The van der Waals surface area contributed by atoms with Crippen molar-refractivity contribution in [3.05, 3.63) is 0 Å². The second-order valence-corrected chi connectivity index (χ2v) is 3.12. The van der Waals surface area contributed by atoms with E-state index in [1.165, 1.54) is 0 Å². The lowest BCUT2D eigenvalue weighted by molar-refractivity contribution is -0.112. The fourth-order valence-corrected chi connectivity index (χ4v) is 1.53. The lowest BCUT2D eigenvalue weighted by Crippen LogP contribution is -2.17. The van der Waals surface area contributed by atoms with Gasteiger partial charge in [-0.05, 0) is 19.8 Å². The van der Waals surface area contributed by atoms with E-state index in [0.29, 0.717) is 5.92 Å². The third-order valence-corrected chi connectivity index (χ3v) is 2.48. The van der Waals surface area contributed by atoms with E-state index in [2.05, 4.69) is 6.92 Å². The predicted molar refractivity (Wildman–Crippen MR) is 38.7 cm³/mol. The van der Waals surface area contributed by atoms with Crippen LogP contribution in [0.3, 0.4) is 0 Å². The number of carbonyl (C=O) groups is 1. The van der Waals surface area contributed by atoms with Gasteiger partial charge in [-0.15, -0.1) is 0 Å². The molecule has 0 bridgehead atoms. The molecule has 0 saturated carbocycles. The van der Waals surface area contributed by atoms with E-state index < -0.39 is 0 Å². The van der Waals surface area contributed by atoms with Gasteiger partial charge in [0.2, 0.25) is 0 Å². The normalized spacial score (nSPS) is 47.5. The standard InChI is InChI=1S/C8H14O2/c1-5-6(2)10-7(3)8(5)4-9/h4-8H,1-3H3/t5-,6-,7+,8+/m0/s1. The monoisotopic (exact) mass is 142 g/mol. The summed E-state index contributed by atoms with van der Waals surface area (Å²) in [6.45, 7) is 6.04. The van der Waals surface area contributed by atoms with Crippen molar-refractivity contribution >= 4 is 6.29 Å². The third kappa shape index (κ3) is 1.08. The Labute approximate surface area is 61.6 Å². The first kappa shape index (κ1) is 7.73. The van der Waals surface area contributed by atoms with E-state index in [0.717, 1.165) is 6.29 Å². The third-order valence-electron chi connectivity index (χ3n) is 2.48. The molecule has 10 heavy (non-hydrogen) atoms. The van der Waals surface area contributed by atoms with Crippen LogP contribution in [-0.4, -0.2) is 18.5 Å². The number of hydrogen-bond donors (Lipinski definition) is 0. The van der Waals surface area contributed by atoms with Crippen molar-refractivity contribution in [2.45, 2.75) is 33.0 Å². The van der Waals surface area contributed by atoms with Gasteiger partial charge in [0.25, 0.3) is 0 Å². The van der Waals surface area contributed by atoms with Gasteiger partial charge in [0.1, 0.15) is 6.29 Å². The molecule has 58 valence electrons. The van der Waals surface area contributed by atoms with Crippen molar-refractivity contribution < 1.29 is 9.53 Å². The Hall–Kier alpha value is -0.370. The fraction of sp³-hybridized carbons (Fsp3) is 0.875. The second kappa shape index (κ2) is 2.70. The maximum Gasteiger partial charge on any atom is 0.126 e. The van der Waals surface area contributed by atoms with Gasteiger partial charge < -0.3 is 9.53 Å². The highest BCUT2D eigenvalue weighted by Crippen LogP contribution is 2.30. The van der Waals surface area contributed by atoms with Crippen molar-refractivity contribution in [3.8, 4) is 0 Å². The molecule has 0 aromatic heterocycles. The topological polar surface area (TPSA) is 26.3 Å². The first-order valence-electron chi connectivity index (χ1n) is 3.77. The largest absolute Gasteiger partial charge is 0.375 e. The van der Waals surface area contributed by atoms with Crippen LogP contribution in [-0.2, 0) is 9.53 Å². The van der Waals surface area contributed by atoms with Gasteiger partial charge in [-0.3, -0.25) is 0 Å². The summed E-state index contributed by atoms with van der Waals surface area (Å²) in [6.07, 6.45) is 1.37. The maximum atomic E-state index is 10.5. The molecule has 1 rings (SSSR count). The number of carbonyl (C=O) groups excluding carboxylic acids is 1. The zero-order chi connectivity index (χ0) is 7.72. The molecule has 0 spiro atoms. The summed E-state index contributed by atoms with van der Waals surface area (Å²) in [5.74, 6) is 0.488. The molecular formula is C8H14O2. The Morgan fingerprint density at radius 1 is 1.20 bits per heavy atom. The van der Waals surface area contributed by atoms with Gasteiger partial charge in [-0.25, -0.2) is 0 Å². The smallest absolute Gasteiger partial charge is 0.126 e. The summed E-state index contributed by atoms with van der Waals surface area (Å²) < 4.78 is 5.45. The van der Waals surface area contributed by atoms with Gasteiger partial charge >= 0.3 is 0 Å². The number of aldehydes is 1. The summed E-state index contributed by atoms with van der Waals surface area (Å²) in [5, 5.41) is 0. The van der Waals surface area contributed by atoms with Crippen LogP contribution < -0.4 is 0 Å². The van der Waals surface area contributed by atoms with Crippen LogP contribution in [0, 0.1) is 11.8 Å². The van der Waals surface area contributed by atoms with Crippen LogP contribution in [0.15, 0.2) is 0 Å². The van der Waals surface area contributed by atoms with Crippen LogP contribution in [0.2, 0.25) is 0 Å². The molecule has 1 heterocycles. The molecule has 0 radical (unpaired) electrons. The molecule has 1 fully saturated rings. The van der Waals surface area contributed by atoms with Gasteiger partial charge in [-0.1, -0.05) is 6.92 Å². The summed E-state index contributed by atoms with van der Waals surface area (Å²) in [7, 11) is 0. The Kier molecular flexibility index (Phi) is 2.09. The molecule has 1 saturated heterocycles. The first-order chi connectivity index (χ1) is 4.66. The maximum absolute atomic E-state index is 10.5. The molecule has 0 aliphatic carbocycles. The molecule has 0 aromatic carbocycles. The van der Waals surface area contributed by atoms with E-state index >= 15 is 0 Å². The molecule has 1 aliphatic heterocycles. The highest BCUT2D eigenvalue weighted by Gasteiger charge is 2.36. The number of ether oxygens (including phenoxy) is 1. The highest BCUT2D eigenvalue weighted by atomic mass is 16.5. The lowest BCUT2D eigenvalue weighted by atomic mass is 9.91. The summed E-state index contributed by atoms with van der Waals surface area (Å²) in [5.41, 5.74) is 0. The Morgan fingerprint density at radius 2 is 1.80 bits per heavy atom. The summed E-state index contributed by atoms with van der Waals surface area (Å²) >= 11 is 0. The van der Waals surface area contributed by atoms with Crippen LogP contribution in [0.25, 0.3) is 0 Å². The van der Waals surface area contributed by atoms with Crippen LogP contribution >= 0.6 is 0 Å². The van der Waals surface area contributed by atoms with Gasteiger partial charge in [0, 0.05) is 5.92 Å². The van der Waals surface area contributed by atoms with Crippen molar-refractivity contribution in [1.82, 2.24) is 0 Å². The van der Waals surface area contributed by atoms with Crippen molar-refractivity contribution in [2.75, 3.05) is 0 Å². The minimum absolute atomic E-state index is 0.106. The average Bonchev–Trinajstić information content (AvgIpc) is 2.09. The van der Waals surface area contributed by atoms with Crippen molar-refractivity contribution in [2.24, 2.45) is 11.8 Å². The number of hydrogen-bond acceptors (Lipinski definition) is 2. The average molecular weight is 142 g/mol. The summed E-state index contributed by atoms with van der Waals surface area (Å²) in [6, 6.07) is 0. The predicted octanol–water partition coefficient (Wildman–Crippen LogP) is 1.24. The fourth-order valence-electron chi connectivity index (χ4n) is 1.53. The quantitative estimate of drug-likeness (QED) is 0.515. The zero-order valence-electron chi connectivity index (χ0n) is 6.70. The summed E-state index contributed by atoms with van der Waals surface area (Å²) in [4.78, 5) is 10.5. The van der Waals surface area contributed by atoms with Crippen LogP contribution in [0.4, 0.5) is 0 Å². The van der Waals surface area contributed by atoms with E-state index in [-0.39, 0.29) is 18.1 Å². The first-order valence-corrected chi connectivity index (χ1v) is 3.77. The van der Waals surface area contributed by atoms with E-state index in [9.17, 15) is 4.79 Å². The Balaban J connectivity index is 2.63. The van der Waals surface area contributed by atoms with Gasteiger partial charge in [0.05, 0.1) is 12.2 Å². The molecular weight excluding hydrogens is 128 g/mol. The molecule has 0 amide bonds. The zero-order valence-corrected chi connectivity index (χ0v) is 6.70. The molecule has 0 N–H and O–H groups in total. The minimum atomic E-state index is 0.106. The Morgan fingerprint density at radius 3 is 2.00 bits per heavy atom. The van der Waals surface area contributed by atoms with Gasteiger partial charge in [0.15, 0.2) is 0 Å². The second-order valence-electron chi connectivity index (χ2n) is 3.12. The molecule has 0 aromatic rings. The lowest BCUT2D eigenvalue weighted by Gasteiger charge is -2.09. The van der Waals surface area contributed by atoms with Gasteiger partial charge in [-0.2, -0.15) is 0 Å². The molecule has 1 aliphatic rings. The molecule has 2 nitrogen and oxygen atoms in total. The highest BCUT2D eigenvalue weighted by molar-refractivity contribution is 5.55.